The summed E-state index contributed by atoms with van der Waals surface area (Å²) in [4.78, 5) is 28.4. The number of aliphatic hydroxyl groups excluding tert-OH is 1. The van der Waals surface area contributed by atoms with Crippen molar-refractivity contribution in [1.82, 2.24) is 0 Å². The summed E-state index contributed by atoms with van der Waals surface area (Å²) < 4.78 is 11.6. The van der Waals surface area contributed by atoms with Crippen LogP contribution in [-0.2, 0) is 9.59 Å². The Morgan fingerprint density at radius 3 is 2.34 bits per heavy atom. The maximum Gasteiger partial charge on any atom is 0.300 e. The maximum atomic E-state index is 13.5. The second-order valence-electron chi connectivity index (χ2n) is 10.1. The number of hydrogen-bond acceptors (Lipinski definition) is 5. The van der Waals surface area contributed by atoms with Crippen LogP contribution < -0.4 is 14.4 Å². The summed E-state index contributed by atoms with van der Waals surface area (Å²) in [5.74, 6) is 0.168. The summed E-state index contributed by atoms with van der Waals surface area (Å²) in [5.41, 5.74) is 3.63. The second-order valence-corrected chi connectivity index (χ2v) is 10.1. The lowest BCUT2D eigenvalue weighted by Gasteiger charge is -2.26. The van der Waals surface area contributed by atoms with E-state index >= 15 is 0 Å². The van der Waals surface area contributed by atoms with Crippen LogP contribution in [0.4, 0.5) is 5.69 Å². The van der Waals surface area contributed by atoms with Gasteiger partial charge in [0, 0.05) is 11.3 Å². The number of anilines is 1. The number of amides is 1. The van der Waals surface area contributed by atoms with E-state index < -0.39 is 17.7 Å². The predicted octanol–water partition coefficient (Wildman–Crippen LogP) is 6.75. The molecule has 6 nitrogen and oxygen atoms in total. The van der Waals surface area contributed by atoms with Gasteiger partial charge in [0.1, 0.15) is 17.3 Å². The molecule has 1 amide bonds. The third-order valence-corrected chi connectivity index (χ3v) is 6.41. The molecule has 0 spiro atoms. The summed E-state index contributed by atoms with van der Waals surface area (Å²) in [5, 5.41) is 11.5. The van der Waals surface area contributed by atoms with Gasteiger partial charge in [-0.3, -0.25) is 14.5 Å². The molecule has 1 N–H and O–H groups in total. The zero-order chi connectivity index (χ0) is 27.4. The van der Waals surface area contributed by atoms with Gasteiger partial charge in [0.25, 0.3) is 11.7 Å². The second kappa shape index (κ2) is 11.5. The fourth-order valence-electron chi connectivity index (χ4n) is 4.55. The van der Waals surface area contributed by atoms with Crippen molar-refractivity contribution in [2.45, 2.75) is 47.1 Å². The van der Waals surface area contributed by atoms with Crippen molar-refractivity contribution < 1.29 is 24.2 Å². The molecule has 0 aliphatic carbocycles. The van der Waals surface area contributed by atoms with Crippen LogP contribution in [0.3, 0.4) is 0 Å². The summed E-state index contributed by atoms with van der Waals surface area (Å²) in [6.07, 6.45) is 0.881. The van der Waals surface area contributed by atoms with Crippen molar-refractivity contribution in [3.63, 3.8) is 0 Å². The van der Waals surface area contributed by atoms with Crippen LogP contribution in [-0.4, -0.2) is 30.0 Å². The molecule has 4 rings (SSSR count). The van der Waals surface area contributed by atoms with E-state index in [1.54, 1.807) is 42.5 Å². The van der Waals surface area contributed by atoms with Crippen LogP contribution in [0.25, 0.3) is 5.76 Å². The Bertz CT molecular complexity index is 1360. The first-order chi connectivity index (χ1) is 18.2. The third-order valence-electron chi connectivity index (χ3n) is 6.41. The number of carbonyl (C=O) groups excluding carboxylic acids is 2. The lowest BCUT2D eigenvalue weighted by molar-refractivity contribution is -0.132. The van der Waals surface area contributed by atoms with Gasteiger partial charge in [-0.25, -0.2) is 0 Å². The van der Waals surface area contributed by atoms with Crippen LogP contribution >= 0.6 is 0 Å². The highest BCUT2D eigenvalue weighted by Crippen LogP contribution is 2.43. The fraction of sp³-hybridized carbons (Fsp3) is 0.312. The molecule has 6 heteroatoms. The first-order valence-corrected chi connectivity index (χ1v) is 13.1. The lowest BCUT2D eigenvalue weighted by Crippen LogP contribution is -2.29. The van der Waals surface area contributed by atoms with Gasteiger partial charge < -0.3 is 14.6 Å². The molecule has 0 bridgehead atoms. The van der Waals surface area contributed by atoms with Crippen molar-refractivity contribution in [3.8, 4) is 11.5 Å². The predicted molar refractivity (Wildman–Crippen MR) is 150 cm³/mol. The average molecular weight is 514 g/mol. The summed E-state index contributed by atoms with van der Waals surface area (Å²) in [7, 11) is 0. The first kappa shape index (κ1) is 27.0. The highest BCUT2D eigenvalue weighted by atomic mass is 16.5. The van der Waals surface area contributed by atoms with Gasteiger partial charge in [0.15, 0.2) is 0 Å². The Balaban J connectivity index is 1.80. The van der Waals surface area contributed by atoms with Crippen LogP contribution in [0.15, 0.2) is 72.3 Å². The van der Waals surface area contributed by atoms with E-state index in [4.69, 9.17) is 9.47 Å². The van der Waals surface area contributed by atoms with E-state index in [0.717, 1.165) is 28.9 Å². The number of aryl methyl sites for hydroxylation is 2. The number of Topliss-reactive ketones (excluding diaryl/α,β-unsaturated/α-hetero) is 1. The normalized spacial score (nSPS) is 16.8. The molecule has 0 aromatic heterocycles. The van der Waals surface area contributed by atoms with E-state index in [-0.39, 0.29) is 11.3 Å². The van der Waals surface area contributed by atoms with E-state index in [2.05, 4.69) is 13.8 Å². The standard InChI is InChI=1S/C32H35NO5/c1-6-16-37-27-15-10-24(18-22(27)5)30(34)28-29(23-9-7-8-21(4)17-23)33(32(36)31(28)35)25-11-13-26(14-12-25)38-19-20(2)3/h7-15,17-18,20,29,34H,6,16,19H2,1-5H3/b30-28-. The topological polar surface area (TPSA) is 76.1 Å². The Morgan fingerprint density at radius 2 is 1.71 bits per heavy atom. The van der Waals surface area contributed by atoms with Crippen molar-refractivity contribution >= 4 is 23.1 Å². The van der Waals surface area contributed by atoms with E-state index in [1.807, 2.05) is 45.0 Å². The molecule has 3 aromatic carbocycles. The minimum Gasteiger partial charge on any atom is -0.507 e. The average Bonchev–Trinajstić information content (AvgIpc) is 3.16. The van der Waals surface area contributed by atoms with Gasteiger partial charge in [-0.05, 0) is 79.8 Å². The Labute approximate surface area is 224 Å². The molecule has 3 aromatic rings. The van der Waals surface area contributed by atoms with Crippen molar-refractivity contribution in [3.05, 3.63) is 94.6 Å². The molecular weight excluding hydrogens is 478 g/mol. The minimum atomic E-state index is -0.784. The van der Waals surface area contributed by atoms with Crippen LogP contribution in [0.5, 0.6) is 11.5 Å². The number of aliphatic hydroxyl groups is 1. The summed E-state index contributed by atoms with van der Waals surface area (Å²) in [6.45, 7) is 11.2. The Morgan fingerprint density at radius 1 is 0.974 bits per heavy atom. The quantitative estimate of drug-likeness (QED) is 0.194. The van der Waals surface area contributed by atoms with Crippen LogP contribution in [0.2, 0.25) is 0 Å². The zero-order valence-electron chi connectivity index (χ0n) is 22.7. The molecule has 1 saturated heterocycles. The number of ketones is 1. The lowest BCUT2D eigenvalue weighted by atomic mass is 9.94. The number of benzene rings is 3. The molecule has 1 heterocycles. The van der Waals surface area contributed by atoms with Gasteiger partial charge in [0.05, 0.1) is 24.8 Å². The maximum absolute atomic E-state index is 13.5. The Kier molecular flexibility index (Phi) is 8.20. The first-order valence-electron chi connectivity index (χ1n) is 13.1. The third kappa shape index (κ3) is 5.59. The Hall–Kier alpha value is -4.06. The number of nitrogens with zero attached hydrogens (tertiary/aromatic N) is 1. The highest BCUT2D eigenvalue weighted by molar-refractivity contribution is 6.51. The fourth-order valence-corrected chi connectivity index (χ4v) is 4.55. The monoisotopic (exact) mass is 513 g/mol. The number of rotatable bonds is 9. The number of ether oxygens (including phenoxy) is 2. The molecule has 198 valence electrons. The molecule has 1 atom stereocenters. The summed E-state index contributed by atoms with van der Waals surface area (Å²) in [6, 6.07) is 19.3. The molecule has 1 aliphatic rings. The van der Waals surface area contributed by atoms with Crippen molar-refractivity contribution in [1.29, 1.82) is 0 Å². The van der Waals surface area contributed by atoms with Crippen LogP contribution in [0.1, 0.15) is 55.5 Å². The SMILES string of the molecule is CCCOc1ccc(/C(O)=C2/C(=O)C(=O)N(c3ccc(OCC(C)C)cc3)C2c2cccc(C)c2)cc1C. The molecule has 1 fully saturated rings. The van der Waals surface area contributed by atoms with E-state index in [9.17, 15) is 14.7 Å². The zero-order valence-corrected chi connectivity index (χ0v) is 22.7. The van der Waals surface area contributed by atoms with Gasteiger partial charge in [-0.2, -0.15) is 0 Å². The van der Waals surface area contributed by atoms with Crippen LogP contribution in [0, 0.1) is 19.8 Å². The van der Waals surface area contributed by atoms with Gasteiger partial charge >= 0.3 is 0 Å². The number of hydrogen-bond donors (Lipinski definition) is 1. The molecule has 38 heavy (non-hydrogen) atoms. The smallest absolute Gasteiger partial charge is 0.300 e. The van der Waals surface area contributed by atoms with E-state index in [0.29, 0.717) is 36.1 Å². The van der Waals surface area contributed by atoms with Crippen molar-refractivity contribution in [2.24, 2.45) is 5.92 Å². The highest BCUT2D eigenvalue weighted by Gasteiger charge is 2.47. The number of carbonyl (C=O) groups is 2. The van der Waals surface area contributed by atoms with E-state index in [1.165, 1.54) is 4.90 Å². The van der Waals surface area contributed by atoms with Gasteiger partial charge in [-0.15, -0.1) is 0 Å². The molecule has 1 aliphatic heterocycles. The molecule has 0 saturated carbocycles. The van der Waals surface area contributed by atoms with Gasteiger partial charge in [-0.1, -0.05) is 50.6 Å². The largest absolute Gasteiger partial charge is 0.507 e. The molecular formula is C32H35NO5. The van der Waals surface area contributed by atoms with Crippen molar-refractivity contribution in [2.75, 3.05) is 18.1 Å². The molecule has 0 radical (unpaired) electrons. The minimum absolute atomic E-state index is 0.0577. The molecule has 1 unspecified atom stereocenters. The summed E-state index contributed by atoms with van der Waals surface area (Å²) >= 11 is 0. The van der Waals surface area contributed by atoms with Gasteiger partial charge in [0.2, 0.25) is 0 Å².